The van der Waals surface area contributed by atoms with Crippen LogP contribution in [0.2, 0.25) is 0 Å². The number of hydrogen-bond donors (Lipinski definition) is 6. The van der Waals surface area contributed by atoms with Crippen LogP contribution >= 0.6 is 18.5 Å². The summed E-state index contributed by atoms with van der Waals surface area (Å²) in [6.45, 7) is -5.26. The topological polar surface area (TPSA) is 260 Å². The number of hydrogen-bond acceptors (Lipinski definition) is 16. The number of alkyl halides is 2. The van der Waals surface area contributed by atoms with Crippen LogP contribution in [0.15, 0.2) is 17.4 Å². The van der Waals surface area contributed by atoms with Crippen LogP contribution in [0.1, 0.15) is 18.0 Å². The van der Waals surface area contributed by atoms with E-state index in [2.05, 4.69) is 35.2 Å². The number of nitrogens with two attached hydrogens (primary N) is 2. The molecule has 0 aliphatic carbocycles. The maximum absolute atomic E-state index is 15.6. The molecule has 0 spiro atoms. The largest absolute Gasteiger partial charge is 0.396 e. The molecule has 18 nitrogen and oxygen atoms in total. The van der Waals surface area contributed by atoms with Gasteiger partial charge in [0.15, 0.2) is 40.5 Å². The summed E-state index contributed by atoms with van der Waals surface area (Å²) in [5.74, 6) is -0.192. The van der Waals surface area contributed by atoms with Crippen LogP contribution in [-0.2, 0) is 25.6 Å². The Morgan fingerprint density at radius 2 is 2.00 bits per heavy atom. The Kier molecular flexibility index (Phi) is 8.06. The predicted octanol–water partition coefficient (Wildman–Crippen LogP) is -0.932. The number of aliphatic hydroxyl groups is 2. The highest BCUT2D eigenvalue weighted by Gasteiger charge is 2.50. The van der Waals surface area contributed by atoms with Gasteiger partial charge in [0.2, 0.25) is 5.95 Å². The van der Waals surface area contributed by atoms with Gasteiger partial charge in [0.1, 0.15) is 36.2 Å². The molecule has 43 heavy (non-hydrogen) atoms. The molecule has 4 aromatic heterocycles. The van der Waals surface area contributed by atoms with Crippen molar-refractivity contribution in [3.8, 4) is 0 Å². The minimum atomic E-state index is -4.28. The number of aromatic amines is 1. The molecule has 23 heteroatoms. The number of aromatic nitrogens is 9. The average Bonchev–Trinajstić information content (AvgIpc) is 3.71. The fourth-order valence-electron chi connectivity index (χ4n) is 4.86. The van der Waals surface area contributed by atoms with E-state index in [-0.39, 0.29) is 47.1 Å². The second-order valence-corrected chi connectivity index (χ2v) is 13.7. The van der Waals surface area contributed by atoms with E-state index in [9.17, 15) is 19.9 Å². The Morgan fingerprint density at radius 1 is 1.21 bits per heavy atom. The number of nitrogens with one attached hydrogen (secondary N) is 1. The minimum absolute atomic E-state index is 0.00808. The lowest BCUT2D eigenvalue weighted by Crippen LogP contribution is -2.33. The number of imidazole rings is 1. The highest BCUT2D eigenvalue weighted by molar-refractivity contribution is 8.07. The molecule has 2 fully saturated rings. The summed E-state index contributed by atoms with van der Waals surface area (Å²) in [5, 5.41) is 25.8. The number of thioether (sulfide) groups is 1. The normalized spacial score (nSPS) is 30.8. The first kappa shape index (κ1) is 30.1. The lowest BCUT2D eigenvalue weighted by Gasteiger charge is -2.27. The van der Waals surface area contributed by atoms with Gasteiger partial charge in [0.25, 0.3) is 5.56 Å². The maximum Gasteiger partial charge on any atom is 0.325 e. The fraction of sp³-hybridized carbons (Fsp3) is 0.550. The summed E-state index contributed by atoms with van der Waals surface area (Å²) < 4.78 is 49.7. The molecule has 0 aromatic carbocycles. The zero-order chi connectivity index (χ0) is 30.6. The molecule has 0 radical (unpaired) electrons. The Labute approximate surface area is 248 Å². The van der Waals surface area contributed by atoms with Gasteiger partial charge in [-0.15, -0.1) is 16.9 Å². The van der Waals surface area contributed by atoms with Crippen molar-refractivity contribution in [2.24, 2.45) is 0 Å². The van der Waals surface area contributed by atoms with Crippen LogP contribution < -0.4 is 17.0 Å². The number of aliphatic hydroxyl groups excluding tert-OH is 2. The molecule has 0 amide bonds. The SMILES string of the molecule is Nc1nc2c(ncn2[C@@H]2S[C@H](CCO)[C@@H](F)[C@H]2OP(O)(=S)OC[C@H]2O[C@@H](n3nnc4c(N)ncnc43)[C@@H](F)[C@@H]2O)c(=O)[nH]1. The van der Waals surface area contributed by atoms with E-state index in [0.717, 1.165) is 22.8 Å². The highest BCUT2D eigenvalue weighted by Crippen LogP contribution is 2.55. The van der Waals surface area contributed by atoms with Crippen LogP contribution in [0.3, 0.4) is 0 Å². The number of rotatable bonds is 9. The van der Waals surface area contributed by atoms with Gasteiger partial charge in [-0.3, -0.25) is 18.9 Å². The fourth-order valence-corrected chi connectivity index (χ4v) is 7.91. The van der Waals surface area contributed by atoms with Gasteiger partial charge in [-0.2, -0.15) is 9.67 Å². The third kappa shape index (κ3) is 5.46. The second-order valence-electron chi connectivity index (χ2n) is 9.60. The predicted molar refractivity (Wildman–Crippen MR) is 149 cm³/mol. The Bertz CT molecular complexity index is 1760. The number of fused-ring (bicyclic) bond motifs is 2. The molecule has 1 unspecified atom stereocenters. The monoisotopic (exact) mass is 663 g/mol. The van der Waals surface area contributed by atoms with E-state index in [1.807, 2.05) is 0 Å². The van der Waals surface area contributed by atoms with Crippen LogP contribution in [0.5, 0.6) is 0 Å². The lowest BCUT2D eigenvalue weighted by molar-refractivity contribution is -0.0510. The third-order valence-corrected chi connectivity index (χ3v) is 10.1. The van der Waals surface area contributed by atoms with Gasteiger partial charge < -0.3 is 35.8 Å². The average molecular weight is 664 g/mol. The molecule has 9 atom stereocenters. The maximum atomic E-state index is 15.6. The molecule has 6 rings (SSSR count). The quantitative estimate of drug-likeness (QED) is 0.118. The van der Waals surface area contributed by atoms with Crippen molar-refractivity contribution in [1.29, 1.82) is 0 Å². The first-order valence-corrected chi connectivity index (χ1v) is 16.1. The molecule has 8 N–H and O–H groups in total. The lowest BCUT2D eigenvalue weighted by atomic mass is 10.1. The molecule has 4 aromatic rings. The Hall–Kier alpha value is -2.95. The molecular weight excluding hydrogens is 639 g/mol. The van der Waals surface area contributed by atoms with E-state index in [4.69, 9.17) is 37.1 Å². The summed E-state index contributed by atoms with van der Waals surface area (Å²) >= 11 is 6.18. The summed E-state index contributed by atoms with van der Waals surface area (Å²) in [5.41, 5.74) is 10.9. The van der Waals surface area contributed by atoms with Crippen molar-refractivity contribution in [2.45, 2.75) is 53.9 Å². The summed E-state index contributed by atoms with van der Waals surface area (Å²) in [7, 11) is 0. The Morgan fingerprint density at radius 3 is 2.77 bits per heavy atom. The van der Waals surface area contributed by atoms with Gasteiger partial charge in [-0.1, -0.05) is 5.21 Å². The minimum Gasteiger partial charge on any atom is -0.396 e. The number of nitrogen functional groups attached to an aromatic ring is 2. The summed E-state index contributed by atoms with van der Waals surface area (Å²) in [6, 6.07) is 0. The van der Waals surface area contributed by atoms with Crippen molar-refractivity contribution in [2.75, 3.05) is 24.7 Å². The van der Waals surface area contributed by atoms with Gasteiger partial charge in [0, 0.05) is 11.9 Å². The van der Waals surface area contributed by atoms with Gasteiger partial charge in [-0.05, 0) is 18.2 Å². The molecule has 2 saturated heterocycles. The number of halogens is 2. The standard InChI is InChI=1S/C20H24F2N11O7PS2/c21-8-7(1-2-34)43-19(32-5-27-11-16(32)28-20(24)29-17(11)36)13(8)40-41(37,42)38-3-6-12(35)9(22)18(39-6)33-15-10(30-31-33)14(23)25-4-26-15/h4-9,12-13,18-19,34-35H,1-3H2,(H,37,42)(H2,23,25,26)(H3,24,28,29,36)/t6-,7-,8-,9+,12-,13-,18-,19-,41?/m1/s1. The van der Waals surface area contributed by atoms with Crippen LogP contribution in [0, 0.1) is 0 Å². The number of H-pyrrole nitrogens is 1. The van der Waals surface area contributed by atoms with Crippen LogP contribution in [0.25, 0.3) is 22.3 Å². The molecule has 6 heterocycles. The van der Waals surface area contributed by atoms with Crippen molar-refractivity contribution in [3.63, 3.8) is 0 Å². The van der Waals surface area contributed by atoms with E-state index in [1.54, 1.807) is 0 Å². The summed E-state index contributed by atoms with van der Waals surface area (Å²) in [6.07, 6.45) is -7.42. The van der Waals surface area contributed by atoms with E-state index in [0.29, 0.717) is 0 Å². The van der Waals surface area contributed by atoms with Gasteiger partial charge in [0.05, 0.1) is 12.9 Å². The molecule has 0 bridgehead atoms. The van der Waals surface area contributed by atoms with Gasteiger partial charge in [-0.25, -0.2) is 23.7 Å². The Balaban J connectivity index is 1.19. The van der Waals surface area contributed by atoms with Crippen molar-refractivity contribution in [1.82, 2.24) is 44.5 Å². The first-order chi connectivity index (χ1) is 20.5. The molecule has 2 aliphatic heterocycles. The van der Waals surface area contributed by atoms with Crippen molar-refractivity contribution >= 4 is 64.4 Å². The first-order valence-electron chi connectivity index (χ1n) is 12.6. The molecular formula is C20H24F2N11O7PS2. The van der Waals surface area contributed by atoms with Gasteiger partial charge >= 0.3 is 6.72 Å². The van der Waals surface area contributed by atoms with Crippen molar-refractivity contribution in [3.05, 3.63) is 23.0 Å². The van der Waals surface area contributed by atoms with Crippen LogP contribution in [-0.4, -0.2) is 109 Å². The number of ether oxygens (including phenoxy) is 1. The third-order valence-electron chi connectivity index (χ3n) is 6.88. The van der Waals surface area contributed by atoms with Crippen LogP contribution in [0.4, 0.5) is 20.5 Å². The highest BCUT2D eigenvalue weighted by atomic mass is 32.5. The number of anilines is 2. The molecule has 232 valence electrons. The zero-order valence-electron chi connectivity index (χ0n) is 21.6. The van der Waals surface area contributed by atoms with E-state index >= 15 is 8.78 Å². The van der Waals surface area contributed by atoms with E-state index < -0.39 is 66.4 Å². The second kappa shape index (κ2) is 11.5. The zero-order valence-corrected chi connectivity index (χ0v) is 24.1. The summed E-state index contributed by atoms with van der Waals surface area (Å²) in [4.78, 5) is 41.4. The number of nitrogens with zero attached hydrogens (tertiary/aromatic N) is 8. The molecule has 0 saturated carbocycles. The van der Waals surface area contributed by atoms with Crippen molar-refractivity contribution < 1.29 is 37.7 Å². The smallest absolute Gasteiger partial charge is 0.325 e. The molecule has 2 aliphatic rings. The van der Waals surface area contributed by atoms with E-state index in [1.165, 1.54) is 10.9 Å².